The molecule has 1 aromatic heterocycles. The van der Waals surface area contributed by atoms with Crippen LogP contribution in [0.3, 0.4) is 0 Å². The SMILES string of the molecule is O=C1C[C@@H](c2ccccc2)N(Cc2ccsc2)CCN1. The van der Waals surface area contributed by atoms with Crippen molar-refractivity contribution in [3.05, 3.63) is 58.3 Å². The van der Waals surface area contributed by atoms with E-state index in [0.717, 1.165) is 19.6 Å². The van der Waals surface area contributed by atoms with Gasteiger partial charge in [-0.2, -0.15) is 11.3 Å². The standard InChI is InChI=1S/C16H18N2OS/c19-16-10-15(14-4-2-1-3-5-14)18(8-7-17-16)11-13-6-9-20-12-13/h1-6,9,12,15H,7-8,10-11H2,(H,17,19)/t15-/m0/s1. The molecule has 1 aliphatic rings. The van der Waals surface area contributed by atoms with E-state index >= 15 is 0 Å². The van der Waals surface area contributed by atoms with Gasteiger partial charge in [-0.3, -0.25) is 9.69 Å². The number of hydrogen-bond donors (Lipinski definition) is 1. The zero-order chi connectivity index (χ0) is 13.8. The summed E-state index contributed by atoms with van der Waals surface area (Å²) in [6.45, 7) is 2.52. The first-order chi connectivity index (χ1) is 9.83. The van der Waals surface area contributed by atoms with Gasteiger partial charge in [0, 0.05) is 32.1 Å². The lowest BCUT2D eigenvalue weighted by molar-refractivity contribution is -0.121. The van der Waals surface area contributed by atoms with Crippen LogP contribution in [0.25, 0.3) is 0 Å². The molecule has 2 aromatic rings. The first-order valence-electron chi connectivity index (χ1n) is 6.90. The second-order valence-corrected chi connectivity index (χ2v) is 5.86. The lowest BCUT2D eigenvalue weighted by Gasteiger charge is -2.29. The number of benzene rings is 1. The summed E-state index contributed by atoms with van der Waals surface area (Å²) in [6.07, 6.45) is 0.536. The normalized spacial score (nSPS) is 20.4. The third-order valence-corrected chi connectivity index (χ3v) is 4.42. The summed E-state index contributed by atoms with van der Waals surface area (Å²) in [5.74, 6) is 0.145. The molecule has 3 rings (SSSR count). The van der Waals surface area contributed by atoms with Crippen LogP contribution in [0, 0.1) is 0 Å². The molecule has 1 saturated heterocycles. The molecule has 0 spiro atoms. The molecule has 0 unspecified atom stereocenters. The molecule has 4 heteroatoms. The summed E-state index contributed by atoms with van der Waals surface area (Å²) in [7, 11) is 0. The van der Waals surface area contributed by atoms with Gasteiger partial charge in [0.05, 0.1) is 0 Å². The van der Waals surface area contributed by atoms with Gasteiger partial charge in [0.25, 0.3) is 0 Å². The van der Waals surface area contributed by atoms with Gasteiger partial charge in [0.2, 0.25) is 5.91 Å². The van der Waals surface area contributed by atoms with E-state index in [-0.39, 0.29) is 11.9 Å². The number of amides is 1. The summed E-state index contributed by atoms with van der Waals surface area (Å²) in [6, 6.07) is 12.7. The Hall–Kier alpha value is -1.65. The van der Waals surface area contributed by atoms with Crippen molar-refractivity contribution in [3.8, 4) is 0 Å². The summed E-state index contributed by atoms with van der Waals surface area (Å²) in [4.78, 5) is 14.3. The smallest absolute Gasteiger partial charge is 0.221 e. The first-order valence-corrected chi connectivity index (χ1v) is 7.84. The molecule has 20 heavy (non-hydrogen) atoms. The third kappa shape index (κ3) is 3.08. The van der Waals surface area contributed by atoms with Gasteiger partial charge in [-0.25, -0.2) is 0 Å². The molecule has 0 saturated carbocycles. The molecule has 1 amide bonds. The summed E-state index contributed by atoms with van der Waals surface area (Å²) >= 11 is 1.72. The molecule has 1 N–H and O–H groups in total. The molecule has 1 fully saturated rings. The first kappa shape index (κ1) is 13.3. The number of hydrogen-bond acceptors (Lipinski definition) is 3. The zero-order valence-electron chi connectivity index (χ0n) is 11.3. The average Bonchev–Trinajstić information content (AvgIpc) is 2.91. The second-order valence-electron chi connectivity index (χ2n) is 5.08. The van der Waals surface area contributed by atoms with E-state index in [9.17, 15) is 4.79 Å². The molecular formula is C16H18N2OS. The van der Waals surface area contributed by atoms with E-state index < -0.39 is 0 Å². The molecule has 1 aliphatic heterocycles. The predicted octanol–water partition coefficient (Wildman–Crippen LogP) is 2.81. The van der Waals surface area contributed by atoms with E-state index in [2.05, 4.69) is 39.2 Å². The van der Waals surface area contributed by atoms with Gasteiger partial charge in [-0.05, 0) is 28.0 Å². The molecular weight excluding hydrogens is 268 g/mol. The number of rotatable bonds is 3. The largest absolute Gasteiger partial charge is 0.355 e. The van der Waals surface area contributed by atoms with Crippen LogP contribution in [0.1, 0.15) is 23.6 Å². The summed E-state index contributed by atoms with van der Waals surface area (Å²) in [5.41, 5.74) is 2.55. The molecule has 1 aromatic carbocycles. The van der Waals surface area contributed by atoms with Crippen molar-refractivity contribution in [1.29, 1.82) is 0 Å². The third-order valence-electron chi connectivity index (χ3n) is 3.69. The van der Waals surface area contributed by atoms with Crippen LogP contribution in [-0.2, 0) is 11.3 Å². The quantitative estimate of drug-likeness (QED) is 0.941. The number of thiophene rings is 1. The highest BCUT2D eigenvalue weighted by atomic mass is 32.1. The maximum atomic E-state index is 11.9. The fraction of sp³-hybridized carbons (Fsp3) is 0.312. The van der Waals surface area contributed by atoms with Gasteiger partial charge < -0.3 is 5.32 Å². The lowest BCUT2D eigenvalue weighted by Crippen LogP contribution is -2.30. The van der Waals surface area contributed by atoms with Crippen molar-refractivity contribution in [2.75, 3.05) is 13.1 Å². The van der Waals surface area contributed by atoms with Crippen LogP contribution in [-0.4, -0.2) is 23.9 Å². The summed E-state index contributed by atoms with van der Waals surface area (Å²) in [5, 5.41) is 7.26. The fourth-order valence-electron chi connectivity index (χ4n) is 2.68. The Bertz CT molecular complexity index is 553. The summed E-state index contributed by atoms with van der Waals surface area (Å²) < 4.78 is 0. The molecule has 2 heterocycles. The maximum Gasteiger partial charge on any atom is 0.221 e. The highest BCUT2D eigenvalue weighted by molar-refractivity contribution is 7.07. The minimum absolute atomic E-state index is 0.145. The Morgan fingerprint density at radius 3 is 2.85 bits per heavy atom. The molecule has 0 bridgehead atoms. The van der Waals surface area contributed by atoms with Crippen LogP contribution in [0.4, 0.5) is 0 Å². The van der Waals surface area contributed by atoms with Crippen molar-refractivity contribution in [2.24, 2.45) is 0 Å². The Balaban J connectivity index is 1.85. The van der Waals surface area contributed by atoms with Crippen LogP contribution in [0.15, 0.2) is 47.2 Å². The van der Waals surface area contributed by atoms with Gasteiger partial charge in [-0.1, -0.05) is 30.3 Å². The molecule has 3 nitrogen and oxygen atoms in total. The van der Waals surface area contributed by atoms with Crippen LogP contribution < -0.4 is 5.32 Å². The molecule has 104 valence electrons. The number of carbonyl (C=O) groups excluding carboxylic acids is 1. The maximum absolute atomic E-state index is 11.9. The number of carbonyl (C=O) groups is 1. The highest BCUT2D eigenvalue weighted by Gasteiger charge is 2.26. The number of nitrogens with one attached hydrogen (secondary N) is 1. The van der Waals surface area contributed by atoms with Crippen molar-refractivity contribution in [3.63, 3.8) is 0 Å². The Labute approximate surface area is 123 Å². The highest BCUT2D eigenvalue weighted by Crippen LogP contribution is 2.27. The van der Waals surface area contributed by atoms with Gasteiger partial charge >= 0.3 is 0 Å². The van der Waals surface area contributed by atoms with Crippen LogP contribution in [0.5, 0.6) is 0 Å². The lowest BCUT2D eigenvalue weighted by atomic mass is 10.0. The average molecular weight is 286 g/mol. The van der Waals surface area contributed by atoms with Gasteiger partial charge in [0.1, 0.15) is 0 Å². The van der Waals surface area contributed by atoms with E-state index in [0.29, 0.717) is 6.42 Å². The molecule has 1 atom stereocenters. The second kappa shape index (κ2) is 6.20. The van der Waals surface area contributed by atoms with Crippen molar-refractivity contribution >= 4 is 17.2 Å². The van der Waals surface area contributed by atoms with Crippen LogP contribution in [0.2, 0.25) is 0 Å². The fourth-order valence-corrected chi connectivity index (χ4v) is 3.34. The Morgan fingerprint density at radius 1 is 1.25 bits per heavy atom. The predicted molar refractivity (Wildman–Crippen MR) is 81.5 cm³/mol. The molecule has 0 aliphatic carbocycles. The monoisotopic (exact) mass is 286 g/mol. The van der Waals surface area contributed by atoms with Gasteiger partial charge in [-0.15, -0.1) is 0 Å². The molecule has 0 radical (unpaired) electrons. The Kier molecular flexibility index (Phi) is 4.14. The van der Waals surface area contributed by atoms with E-state index in [1.165, 1.54) is 11.1 Å². The van der Waals surface area contributed by atoms with Crippen molar-refractivity contribution in [1.82, 2.24) is 10.2 Å². The van der Waals surface area contributed by atoms with E-state index in [4.69, 9.17) is 0 Å². The van der Waals surface area contributed by atoms with Gasteiger partial charge in [0.15, 0.2) is 0 Å². The number of nitrogens with zero attached hydrogens (tertiary/aromatic N) is 1. The van der Waals surface area contributed by atoms with E-state index in [1.54, 1.807) is 11.3 Å². The van der Waals surface area contributed by atoms with Crippen LogP contribution >= 0.6 is 11.3 Å². The minimum Gasteiger partial charge on any atom is -0.355 e. The zero-order valence-corrected chi connectivity index (χ0v) is 12.1. The van der Waals surface area contributed by atoms with E-state index in [1.807, 2.05) is 18.2 Å². The van der Waals surface area contributed by atoms with Crippen molar-refractivity contribution in [2.45, 2.75) is 19.0 Å². The topological polar surface area (TPSA) is 32.3 Å². The Morgan fingerprint density at radius 2 is 2.10 bits per heavy atom. The van der Waals surface area contributed by atoms with Crippen molar-refractivity contribution < 1.29 is 4.79 Å². The minimum atomic E-state index is 0.145.